The number of nitriles is 1. The quantitative estimate of drug-likeness (QED) is 0.0593. The van der Waals surface area contributed by atoms with Gasteiger partial charge in [0.05, 0.1) is 71.0 Å². The molecule has 5 aromatic heterocycles. The van der Waals surface area contributed by atoms with Crippen LogP contribution in [0.15, 0.2) is 172 Å². The third kappa shape index (κ3) is 11.8. The molecule has 1 saturated heterocycles. The van der Waals surface area contributed by atoms with Crippen LogP contribution in [0.2, 0.25) is 0 Å². The molecule has 0 spiro atoms. The Morgan fingerprint density at radius 3 is 1.70 bits per heavy atom. The van der Waals surface area contributed by atoms with Crippen molar-refractivity contribution in [2.24, 2.45) is 0 Å². The summed E-state index contributed by atoms with van der Waals surface area (Å²) in [5, 5.41) is 23.3. The first-order chi connectivity index (χ1) is 47.5. The van der Waals surface area contributed by atoms with Crippen LogP contribution in [0.25, 0.3) is 123 Å². The van der Waals surface area contributed by atoms with E-state index in [0.717, 1.165) is 124 Å². The molecule has 12 aromatic rings. The fourth-order valence-electron chi connectivity index (χ4n) is 14.9. The topological polar surface area (TPSA) is 113 Å². The number of halogens is 5. The molecule has 1 fully saturated rings. The Morgan fingerprint density at radius 1 is 0.536 bits per heavy atom. The first-order valence-corrected chi connectivity index (χ1v) is 33.2. The van der Waals surface area contributed by atoms with Gasteiger partial charge in [0.1, 0.15) is 5.75 Å². The molecule has 0 atom stereocenters. The maximum absolute atomic E-state index is 12.9. The number of aromatic nitrogens is 5. The zero-order valence-corrected chi connectivity index (χ0v) is 53.9. The lowest BCUT2D eigenvalue weighted by atomic mass is 9.95. The van der Waals surface area contributed by atoms with Crippen molar-refractivity contribution < 1.29 is 31.5 Å². The Bertz CT molecular complexity index is 5260. The molecule has 0 unspecified atom stereocenters. The maximum Gasteiger partial charge on any atom is 0.315 e. The highest BCUT2D eigenvalue weighted by Gasteiger charge is 2.28. The minimum Gasteiger partial charge on any atom is -0.425 e. The molecule has 2 N–H and O–H groups in total. The number of hydrogen-bond donors (Lipinski definition) is 2. The number of benzene rings is 7. The van der Waals surface area contributed by atoms with Gasteiger partial charge in [-0.2, -0.15) is 5.26 Å². The highest BCUT2D eigenvalue weighted by atomic mass is 19.3. The van der Waals surface area contributed by atoms with Gasteiger partial charge in [-0.25, -0.2) is 8.78 Å². The van der Waals surface area contributed by atoms with Gasteiger partial charge in [0.25, 0.3) is 0 Å². The fraction of sp³-hybridized carbons (Fsp3) is 0.237. The molecule has 490 valence electrons. The van der Waals surface area contributed by atoms with Crippen molar-refractivity contribution >= 4 is 129 Å². The van der Waals surface area contributed by atoms with Crippen LogP contribution in [-0.4, -0.2) is 91.6 Å². The number of aryl methyl sites for hydroxylation is 4. The second kappa shape index (κ2) is 27.6. The van der Waals surface area contributed by atoms with E-state index in [1.54, 1.807) is 6.20 Å². The van der Waals surface area contributed by atoms with Crippen LogP contribution < -0.4 is 15.4 Å². The molecule has 0 amide bonds. The number of alkyl halides is 5. The third-order valence-corrected chi connectivity index (χ3v) is 19.3. The minimum atomic E-state index is -2.32. The van der Waals surface area contributed by atoms with Gasteiger partial charge in [0.15, 0.2) is 0 Å². The van der Waals surface area contributed by atoms with Crippen LogP contribution >= 0.6 is 0 Å². The standard InChI is InChI=1S/C25H28FN3.C20H16FN3.C18H15F2N3.C17H14FNO2/c1-19-20-9-10-24-25(22-7-2-3-8-23(22)29(24)15-6-12-26)21(20)11-16-28(19)18-17-27-13-4-5-14-27;1-13-15-6-7-18-20(16(15)8-10-23-13)19-14(12-22)4-2-5-17(19)24(18)11-3-9-21;1-11-12-4-5-14-17(13(12)6-9-21-11)18-15(3-2-8-22-18)23(14)10-7-16(19)20;18-8-3-9-19-13-5-2-1-4-12(13)16-14(19)7-6-11-10-15(20)21-17(11)16/h2-3,7-11,16H,1,4-6,12-15,17-18H2;2,4-8,10,23H,1,3,9,11H2;2-6,8-9,16,21H,1,7,10H2;1-2,4-7H,3,8-10H2. The Morgan fingerprint density at radius 2 is 1.06 bits per heavy atom. The molecule has 7 aromatic carbocycles. The first-order valence-electron chi connectivity index (χ1n) is 33.2. The maximum atomic E-state index is 12.9. The molecule has 5 aliphatic rings. The summed E-state index contributed by atoms with van der Waals surface area (Å²) in [6.45, 7) is 18.2. The highest BCUT2D eigenvalue weighted by Crippen LogP contribution is 2.44. The van der Waals surface area contributed by atoms with Crippen LogP contribution in [0.1, 0.15) is 83.0 Å². The summed E-state index contributed by atoms with van der Waals surface area (Å²) in [4.78, 5) is 20.9. The number of fused-ring (bicyclic) bond motifs is 20. The van der Waals surface area contributed by atoms with Crippen molar-refractivity contribution in [3.05, 3.63) is 216 Å². The van der Waals surface area contributed by atoms with Crippen molar-refractivity contribution in [1.29, 1.82) is 5.26 Å². The Kier molecular flexibility index (Phi) is 18.1. The number of carbonyl (C=O) groups excluding carboxylic acids is 1. The van der Waals surface area contributed by atoms with Gasteiger partial charge < -0.3 is 43.4 Å². The number of nitrogens with one attached hydrogen (secondary N) is 2. The molecule has 0 bridgehead atoms. The van der Waals surface area contributed by atoms with Crippen LogP contribution in [0.3, 0.4) is 0 Å². The monoisotopic (exact) mass is 1300 g/mol. The molecule has 12 nitrogen and oxygen atoms in total. The first kappa shape index (κ1) is 63.7. The molecule has 0 aliphatic carbocycles. The molecule has 0 radical (unpaired) electrons. The molecular formula is C80H73F5N10O2. The number of ether oxygens (including phenoxy) is 1. The smallest absolute Gasteiger partial charge is 0.315 e. The van der Waals surface area contributed by atoms with Crippen molar-refractivity contribution in [3.8, 4) is 11.8 Å². The lowest BCUT2D eigenvalue weighted by molar-refractivity contribution is -0.131. The lowest BCUT2D eigenvalue weighted by Crippen LogP contribution is -2.30. The molecule has 0 saturated carbocycles. The van der Waals surface area contributed by atoms with Gasteiger partial charge in [-0.1, -0.05) is 86.5 Å². The van der Waals surface area contributed by atoms with E-state index in [0.29, 0.717) is 56.6 Å². The number of para-hydroxylation sites is 2. The lowest BCUT2D eigenvalue weighted by Gasteiger charge is -2.30. The average Bonchev–Trinajstić information content (AvgIpc) is 1.62. The van der Waals surface area contributed by atoms with Crippen molar-refractivity contribution in [2.45, 2.75) is 77.6 Å². The van der Waals surface area contributed by atoms with Crippen LogP contribution in [0, 0.1) is 11.3 Å². The Balaban J connectivity index is 0.000000112. The van der Waals surface area contributed by atoms with Crippen LogP contribution in [0.5, 0.6) is 5.75 Å². The number of pyridine rings is 1. The van der Waals surface area contributed by atoms with Gasteiger partial charge >= 0.3 is 5.97 Å². The van der Waals surface area contributed by atoms with Gasteiger partial charge in [0, 0.05) is 164 Å². The predicted molar refractivity (Wildman–Crippen MR) is 385 cm³/mol. The van der Waals surface area contributed by atoms with Crippen molar-refractivity contribution in [1.82, 2.24) is 43.7 Å². The van der Waals surface area contributed by atoms with E-state index in [-0.39, 0.29) is 39.0 Å². The number of nitrogens with zero attached hydrogens (tertiary/aromatic N) is 8. The summed E-state index contributed by atoms with van der Waals surface area (Å²) in [6, 6.07) is 44.6. The van der Waals surface area contributed by atoms with Crippen molar-refractivity contribution in [2.75, 3.05) is 46.2 Å². The Hall–Kier alpha value is -10.7. The fourth-order valence-corrected chi connectivity index (χ4v) is 14.9. The second-order valence-corrected chi connectivity index (χ2v) is 24.9. The zero-order valence-electron chi connectivity index (χ0n) is 53.9. The van der Waals surface area contributed by atoms with E-state index in [2.05, 4.69) is 114 Å². The van der Waals surface area contributed by atoms with E-state index in [1.165, 1.54) is 58.9 Å². The van der Waals surface area contributed by atoms with Crippen molar-refractivity contribution in [3.63, 3.8) is 0 Å². The summed E-state index contributed by atoms with van der Waals surface area (Å²) in [7, 11) is 0. The van der Waals surface area contributed by atoms with Crippen LogP contribution in [-0.2, 0) is 37.4 Å². The third-order valence-electron chi connectivity index (χ3n) is 19.3. The summed E-state index contributed by atoms with van der Waals surface area (Å²) < 4.78 is 77.4. The zero-order chi connectivity index (χ0) is 66.8. The van der Waals surface area contributed by atoms with Gasteiger partial charge in [-0.3, -0.25) is 22.9 Å². The molecule has 17 rings (SSSR count). The summed E-state index contributed by atoms with van der Waals surface area (Å²) in [5.41, 5.74) is 20.0. The van der Waals surface area contributed by atoms with Crippen LogP contribution in [0.4, 0.5) is 22.0 Å². The number of rotatable bonds is 15. The van der Waals surface area contributed by atoms with Gasteiger partial charge in [0.2, 0.25) is 6.43 Å². The minimum absolute atomic E-state index is 0.172. The molecule has 5 aliphatic heterocycles. The molecular weight excluding hydrogens is 1230 g/mol. The van der Waals surface area contributed by atoms with E-state index >= 15 is 0 Å². The van der Waals surface area contributed by atoms with Gasteiger partial charge in [-0.15, -0.1) is 0 Å². The highest BCUT2D eigenvalue weighted by molar-refractivity contribution is 6.17. The number of carbonyl (C=O) groups is 1. The second-order valence-electron chi connectivity index (χ2n) is 24.9. The van der Waals surface area contributed by atoms with E-state index in [1.807, 2.05) is 120 Å². The average molecular weight is 1300 g/mol. The molecule has 17 heteroatoms. The van der Waals surface area contributed by atoms with E-state index < -0.39 is 6.43 Å². The number of likely N-dealkylation sites (tertiary alicyclic amines) is 1. The normalized spacial score (nSPS) is 14.6. The molecule has 10 heterocycles. The van der Waals surface area contributed by atoms with E-state index in [4.69, 9.17) is 4.74 Å². The predicted octanol–water partition coefficient (Wildman–Crippen LogP) is 18.1. The summed E-state index contributed by atoms with van der Waals surface area (Å²) in [6.07, 6.45) is 15.8. The van der Waals surface area contributed by atoms with Gasteiger partial charge in [-0.05, 0) is 141 Å². The Labute approximate surface area is 558 Å². The SMILES string of the molecule is C=C1NC=Cc2c1ccc1c2c2c(C#N)cccc2n1CCCF.C=C1NC=Cc2c1ccc1c2c2ncccc2n1CCC(F)F.C=C1c2ccc3c(c2C=CN1CCN1CCCC1)c1ccccc1n3CCCF.O=C1Cc2ccc3c(c2O1)c1ccccc1n3CCCF. The van der Waals surface area contributed by atoms with E-state index in [9.17, 15) is 32.0 Å². The summed E-state index contributed by atoms with van der Waals surface area (Å²) >= 11 is 0. The number of hydrogen-bond acceptors (Lipinski definition) is 8. The summed E-state index contributed by atoms with van der Waals surface area (Å²) in [5.74, 6) is 0.464. The molecule has 97 heavy (non-hydrogen) atoms. The number of esters is 1. The largest absolute Gasteiger partial charge is 0.425 e.